The lowest BCUT2D eigenvalue weighted by Gasteiger charge is -2.18. The van der Waals surface area contributed by atoms with Crippen molar-refractivity contribution < 1.29 is 19.0 Å². The van der Waals surface area contributed by atoms with Crippen molar-refractivity contribution in [2.45, 2.75) is 38.2 Å². The normalized spacial score (nSPS) is 12.9. The second kappa shape index (κ2) is 10.2. The van der Waals surface area contributed by atoms with E-state index in [-0.39, 0.29) is 0 Å². The minimum atomic E-state index is -0.421. The van der Waals surface area contributed by atoms with Crippen LogP contribution >= 0.6 is 11.6 Å². The lowest BCUT2D eigenvalue weighted by atomic mass is 9.98. The number of carbonyl (C=O) groups is 1. The van der Waals surface area contributed by atoms with Crippen molar-refractivity contribution in [1.29, 1.82) is 0 Å². The molecule has 0 radical (unpaired) electrons. The third-order valence-corrected chi connectivity index (χ3v) is 6.11. The van der Waals surface area contributed by atoms with Gasteiger partial charge in [-0.25, -0.2) is 0 Å². The molecule has 1 aliphatic rings. The summed E-state index contributed by atoms with van der Waals surface area (Å²) in [6.07, 6.45) is 3.87. The van der Waals surface area contributed by atoms with Crippen LogP contribution in [0.2, 0.25) is 5.02 Å². The number of amides is 1. The van der Waals surface area contributed by atoms with Gasteiger partial charge in [-0.1, -0.05) is 23.7 Å². The number of hydrogen-bond acceptors (Lipinski definition) is 4. The van der Waals surface area contributed by atoms with Crippen LogP contribution in [-0.2, 0) is 19.4 Å². The first-order valence-corrected chi connectivity index (χ1v) is 11.4. The van der Waals surface area contributed by atoms with Gasteiger partial charge in [-0.2, -0.15) is 0 Å². The summed E-state index contributed by atoms with van der Waals surface area (Å²) in [5.74, 6) is 2.44. The number of halogens is 1. The van der Waals surface area contributed by atoms with Gasteiger partial charge >= 0.3 is 0 Å². The van der Waals surface area contributed by atoms with Gasteiger partial charge in [0.25, 0.3) is 0 Å². The third-order valence-electron chi connectivity index (χ3n) is 5.89. The van der Waals surface area contributed by atoms with E-state index in [0.717, 1.165) is 64.6 Å². The number of methoxy groups -OCH3 is 2. The van der Waals surface area contributed by atoms with E-state index in [0.29, 0.717) is 18.1 Å². The van der Waals surface area contributed by atoms with Crippen LogP contribution < -0.4 is 19.9 Å². The van der Waals surface area contributed by atoms with Gasteiger partial charge in [0.1, 0.15) is 23.9 Å². The van der Waals surface area contributed by atoms with Crippen LogP contribution in [0.4, 0.5) is 0 Å². The van der Waals surface area contributed by atoms with Crippen LogP contribution in [-0.4, -0.2) is 20.1 Å². The predicted molar refractivity (Wildman–Crippen MR) is 130 cm³/mol. The molecule has 172 valence electrons. The van der Waals surface area contributed by atoms with Crippen molar-refractivity contribution in [2.75, 3.05) is 14.2 Å². The molecule has 5 nitrogen and oxygen atoms in total. The maximum Gasteiger partial charge on any atom is 0.248 e. The predicted octanol–water partition coefficient (Wildman–Crippen LogP) is 5.70. The van der Waals surface area contributed by atoms with E-state index in [1.54, 1.807) is 26.4 Å². The highest BCUT2D eigenvalue weighted by molar-refractivity contribution is 6.30. The number of carbonyl (C=O) groups excluding carboxylic acids is 1. The minimum absolute atomic E-state index is 0.398. The number of primary amides is 1. The summed E-state index contributed by atoms with van der Waals surface area (Å²) in [7, 11) is 3.27. The molecule has 2 N–H and O–H groups in total. The van der Waals surface area contributed by atoms with Gasteiger partial charge in [0, 0.05) is 16.7 Å². The highest BCUT2D eigenvalue weighted by atomic mass is 35.5. The van der Waals surface area contributed by atoms with Crippen molar-refractivity contribution in [3.8, 4) is 17.2 Å². The Morgan fingerprint density at radius 2 is 1.61 bits per heavy atom. The first kappa shape index (κ1) is 23.0. The molecule has 0 aliphatic heterocycles. The van der Waals surface area contributed by atoms with E-state index < -0.39 is 5.91 Å². The molecule has 0 unspecified atom stereocenters. The van der Waals surface area contributed by atoms with Crippen LogP contribution in [0.5, 0.6) is 17.2 Å². The Balaban J connectivity index is 1.57. The standard InChI is InChI=1S/C27H28ClNO4/c1-31-23-11-18(12-24(15-23)32-2)16-33-26-21(13-22(28)14-25(26)19-9-10-19)8-5-17-3-6-20(7-4-17)27(29)30/h3-4,6-7,11-15,19H,5,8-10,16H2,1-2H3,(H2,29,30). The maximum absolute atomic E-state index is 11.3. The zero-order valence-corrected chi connectivity index (χ0v) is 19.7. The maximum atomic E-state index is 11.3. The molecule has 0 aromatic heterocycles. The molecular formula is C27H28ClNO4. The average molecular weight is 466 g/mol. The molecule has 0 bridgehead atoms. The SMILES string of the molecule is COc1cc(COc2c(CCc3ccc(C(N)=O)cc3)cc(Cl)cc2C2CC2)cc(OC)c1. The molecule has 0 spiro atoms. The summed E-state index contributed by atoms with van der Waals surface area (Å²) in [6, 6.07) is 17.2. The summed E-state index contributed by atoms with van der Waals surface area (Å²) in [6.45, 7) is 0.398. The van der Waals surface area contributed by atoms with Crippen molar-refractivity contribution in [3.63, 3.8) is 0 Å². The van der Waals surface area contributed by atoms with Gasteiger partial charge in [0.2, 0.25) is 5.91 Å². The molecule has 1 saturated carbocycles. The fourth-order valence-corrected chi connectivity index (χ4v) is 4.20. The van der Waals surface area contributed by atoms with Gasteiger partial charge in [-0.15, -0.1) is 0 Å². The molecule has 0 atom stereocenters. The number of ether oxygens (including phenoxy) is 3. The Morgan fingerprint density at radius 3 is 2.18 bits per heavy atom. The van der Waals surface area contributed by atoms with E-state index in [2.05, 4.69) is 0 Å². The van der Waals surface area contributed by atoms with Crippen LogP contribution in [0.1, 0.15) is 51.4 Å². The summed E-state index contributed by atoms with van der Waals surface area (Å²) >= 11 is 6.49. The number of aryl methyl sites for hydroxylation is 2. The number of rotatable bonds is 10. The van der Waals surface area contributed by atoms with Crippen molar-refractivity contribution in [2.24, 2.45) is 5.73 Å². The quantitative estimate of drug-likeness (QED) is 0.417. The zero-order chi connectivity index (χ0) is 23.4. The van der Waals surface area contributed by atoms with E-state index >= 15 is 0 Å². The van der Waals surface area contributed by atoms with Gasteiger partial charge in [-0.3, -0.25) is 4.79 Å². The van der Waals surface area contributed by atoms with Gasteiger partial charge in [0.15, 0.2) is 0 Å². The molecule has 4 rings (SSSR count). The second-order valence-corrected chi connectivity index (χ2v) is 8.76. The summed E-state index contributed by atoms with van der Waals surface area (Å²) in [5, 5.41) is 0.728. The Kier molecular flexibility index (Phi) is 7.09. The summed E-state index contributed by atoms with van der Waals surface area (Å²) in [4.78, 5) is 11.3. The van der Waals surface area contributed by atoms with Crippen molar-refractivity contribution in [1.82, 2.24) is 0 Å². The first-order valence-electron chi connectivity index (χ1n) is 11.0. The smallest absolute Gasteiger partial charge is 0.248 e. The van der Waals surface area contributed by atoms with Crippen LogP contribution in [0.3, 0.4) is 0 Å². The summed E-state index contributed by atoms with van der Waals surface area (Å²) < 4.78 is 17.2. The lowest BCUT2D eigenvalue weighted by Crippen LogP contribution is -2.10. The molecule has 0 saturated heterocycles. The van der Waals surface area contributed by atoms with Crippen LogP contribution in [0.25, 0.3) is 0 Å². The van der Waals surface area contributed by atoms with E-state index in [1.807, 2.05) is 42.5 Å². The molecular weight excluding hydrogens is 438 g/mol. The lowest BCUT2D eigenvalue weighted by molar-refractivity contribution is 0.100. The fraction of sp³-hybridized carbons (Fsp3) is 0.296. The first-order chi connectivity index (χ1) is 16.0. The van der Waals surface area contributed by atoms with E-state index in [9.17, 15) is 4.79 Å². The average Bonchev–Trinajstić information content (AvgIpc) is 3.67. The third kappa shape index (κ3) is 5.79. The highest BCUT2D eigenvalue weighted by Crippen LogP contribution is 2.47. The van der Waals surface area contributed by atoms with Crippen LogP contribution in [0.15, 0.2) is 54.6 Å². The largest absolute Gasteiger partial charge is 0.497 e. The van der Waals surface area contributed by atoms with Gasteiger partial charge in [-0.05, 0) is 90.3 Å². The molecule has 6 heteroatoms. The van der Waals surface area contributed by atoms with Gasteiger partial charge in [0.05, 0.1) is 14.2 Å². The molecule has 3 aromatic carbocycles. The Bertz CT molecular complexity index is 1120. The number of benzene rings is 3. The van der Waals surface area contributed by atoms with Crippen LogP contribution in [0, 0.1) is 0 Å². The Hall–Kier alpha value is -3.18. The van der Waals surface area contributed by atoms with Crippen molar-refractivity contribution in [3.05, 3.63) is 87.4 Å². The zero-order valence-electron chi connectivity index (χ0n) is 18.9. The monoisotopic (exact) mass is 465 g/mol. The van der Waals surface area contributed by atoms with E-state index in [1.165, 1.54) is 5.56 Å². The molecule has 1 amide bonds. The number of hydrogen-bond donors (Lipinski definition) is 1. The number of nitrogens with two attached hydrogens (primary N) is 1. The molecule has 1 fully saturated rings. The van der Waals surface area contributed by atoms with Crippen molar-refractivity contribution >= 4 is 17.5 Å². The molecule has 33 heavy (non-hydrogen) atoms. The second-order valence-electron chi connectivity index (χ2n) is 8.33. The van der Waals surface area contributed by atoms with Gasteiger partial charge < -0.3 is 19.9 Å². The Labute approximate surface area is 199 Å². The van der Waals surface area contributed by atoms with E-state index in [4.69, 9.17) is 31.5 Å². The highest BCUT2D eigenvalue weighted by Gasteiger charge is 2.29. The molecule has 1 aliphatic carbocycles. The molecule has 3 aromatic rings. The molecule has 0 heterocycles. The Morgan fingerprint density at radius 1 is 0.939 bits per heavy atom. The summed E-state index contributed by atoms with van der Waals surface area (Å²) in [5.41, 5.74) is 10.2. The minimum Gasteiger partial charge on any atom is -0.497 e. The fourth-order valence-electron chi connectivity index (χ4n) is 3.95. The topological polar surface area (TPSA) is 70.8 Å².